The molecule has 0 radical (unpaired) electrons. The third kappa shape index (κ3) is 3.19. The molecule has 32 heavy (non-hydrogen) atoms. The van der Waals surface area contributed by atoms with Crippen molar-refractivity contribution in [3.63, 3.8) is 0 Å². The Labute approximate surface area is 183 Å². The molecule has 152 valence electrons. The summed E-state index contributed by atoms with van der Waals surface area (Å²) in [4.78, 5) is 45.3. The molecule has 0 unspecified atom stereocenters. The van der Waals surface area contributed by atoms with Crippen LogP contribution in [-0.4, -0.2) is 25.1 Å². The Hall–Kier alpha value is -4.44. The van der Waals surface area contributed by atoms with Crippen molar-refractivity contribution in [2.24, 2.45) is 0 Å². The number of benzene rings is 4. The first-order valence-corrected chi connectivity index (χ1v) is 10.0. The van der Waals surface area contributed by atoms with E-state index in [4.69, 9.17) is 0 Å². The topological polar surface area (TPSA) is 68.3 Å². The van der Waals surface area contributed by atoms with Crippen LogP contribution < -0.4 is 0 Å². The van der Waals surface area contributed by atoms with Gasteiger partial charge in [-0.25, -0.2) is 0 Å². The van der Waals surface area contributed by atoms with E-state index in [-0.39, 0.29) is 0 Å². The van der Waals surface area contributed by atoms with Gasteiger partial charge in [-0.05, 0) is 92.3 Å². The third-order valence-electron chi connectivity index (χ3n) is 5.88. The average Bonchev–Trinajstić information content (AvgIpc) is 2.82. The molecular formula is C28H16O4. The van der Waals surface area contributed by atoms with Gasteiger partial charge in [-0.2, -0.15) is 0 Å². The molecule has 4 nitrogen and oxygen atoms in total. The van der Waals surface area contributed by atoms with Gasteiger partial charge in [-0.1, -0.05) is 24.3 Å². The highest BCUT2D eigenvalue weighted by atomic mass is 16.1. The van der Waals surface area contributed by atoms with E-state index in [0.29, 0.717) is 47.4 Å². The maximum absolute atomic E-state index is 11.3. The molecular weight excluding hydrogens is 400 g/mol. The van der Waals surface area contributed by atoms with E-state index in [1.54, 1.807) is 24.3 Å². The lowest BCUT2D eigenvalue weighted by Gasteiger charge is -2.12. The van der Waals surface area contributed by atoms with Gasteiger partial charge >= 0.3 is 0 Å². The molecule has 4 heteroatoms. The minimum Gasteiger partial charge on any atom is -0.298 e. The summed E-state index contributed by atoms with van der Waals surface area (Å²) in [5.74, 6) is 0. The summed E-state index contributed by atoms with van der Waals surface area (Å²) in [6.07, 6.45) is 10.8. The molecule has 0 bridgehead atoms. The van der Waals surface area contributed by atoms with Crippen molar-refractivity contribution in [3.05, 3.63) is 93.0 Å². The molecule has 0 amide bonds. The van der Waals surface area contributed by atoms with Crippen LogP contribution in [-0.2, 0) is 0 Å². The zero-order valence-corrected chi connectivity index (χ0v) is 16.9. The lowest BCUT2D eigenvalue weighted by atomic mass is 9.92. The van der Waals surface area contributed by atoms with E-state index in [1.807, 2.05) is 48.6 Å². The van der Waals surface area contributed by atoms with E-state index in [2.05, 4.69) is 0 Å². The quantitative estimate of drug-likeness (QED) is 0.342. The minimum absolute atomic E-state index is 0.371. The molecule has 0 aliphatic heterocycles. The minimum atomic E-state index is 0.371. The number of hydrogen-bond donors (Lipinski definition) is 0. The molecule has 0 saturated carbocycles. The van der Waals surface area contributed by atoms with Gasteiger partial charge in [0.05, 0.1) is 0 Å². The fourth-order valence-electron chi connectivity index (χ4n) is 4.18. The molecule has 0 N–H and O–H groups in total. The van der Waals surface area contributed by atoms with Crippen LogP contribution in [0.15, 0.2) is 48.5 Å². The van der Waals surface area contributed by atoms with Crippen molar-refractivity contribution in [2.45, 2.75) is 0 Å². The van der Waals surface area contributed by atoms with Crippen molar-refractivity contribution in [1.82, 2.24) is 0 Å². The lowest BCUT2D eigenvalue weighted by Crippen LogP contribution is -1.94. The van der Waals surface area contributed by atoms with Crippen LogP contribution in [0.2, 0.25) is 0 Å². The number of hydrogen-bond acceptors (Lipinski definition) is 4. The van der Waals surface area contributed by atoms with Gasteiger partial charge in [0.1, 0.15) is 0 Å². The number of fused-ring (bicyclic) bond motifs is 4. The molecule has 0 atom stereocenters. The summed E-state index contributed by atoms with van der Waals surface area (Å²) in [5.41, 5.74) is 5.43. The third-order valence-corrected chi connectivity index (χ3v) is 5.88. The Morgan fingerprint density at radius 2 is 0.562 bits per heavy atom. The monoisotopic (exact) mass is 416 g/mol. The molecule has 0 saturated heterocycles. The maximum atomic E-state index is 11.3. The molecule has 5 rings (SSSR count). The van der Waals surface area contributed by atoms with E-state index in [9.17, 15) is 19.2 Å². The van der Waals surface area contributed by atoms with Gasteiger partial charge < -0.3 is 0 Å². The van der Waals surface area contributed by atoms with Crippen LogP contribution in [0.25, 0.3) is 45.8 Å². The van der Waals surface area contributed by atoms with Crippen LogP contribution >= 0.6 is 0 Å². The Morgan fingerprint density at radius 1 is 0.344 bits per heavy atom. The van der Waals surface area contributed by atoms with Crippen LogP contribution in [0, 0.1) is 0 Å². The normalized spacial score (nSPS) is 12.0. The van der Waals surface area contributed by atoms with E-state index >= 15 is 0 Å². The highest BCUT2D eigenvalue weighted by Gasteiger charge is 2.11. The highest BCUT2D eigenvalue weighted by molar-refractivity contribution is 6.03. The van der Waals surface area contributed by atoms with Crippen molar-refractivity contribution >= 4 is 71.0 Å². The van der Waals surface area contributed by atoms with Crippen LogP contribution in [0.1, 0.15) is 63.7 Å². The molecule has 1 aliphatic carbocycles. The van der Waals surface area contributed by atoms with Crippen molar-refractivity contribution in [1.29, 1.82) is 0 Å². The number of aldehydes is 4. The van der Waals surface area contributed by atoms with Crippen LogP contribution in [0.5, 0.6) is 0 Å². The Balaban J connectivity index is 1.68. The molecule has 0 fully saturated rings. The van der Waals surface area contributed by atoms with Gasteiger partial charge in [0.15, 0.2) is 25.1 Å². The van der Waals surface area contributed by atoms with E-state index < -0.39 is 0 Å². The average molecular weight is 416 g/mol. The van der Waals surface area contributed by atoms with Crippen molar-refractivity contribution in [3.8, 4) is 0 Å². The van der Waals surface area contributed by atoms with Crippen LogP contribution in [0.4, 0.5) is 0 Å². The summed E-state index contributed by atoms with van der Waals surface area (Å²) in [7, 11) is 0. The first-order chi connectivity index (χ1) is 15.6. The van der Waals surface area contributed by atoms with Crippen LogP contribution in [0.3, 0.4) is 0 Å². The Bertz CT molecular complexity index is 1310. The Kier molecular flexibility index (Phi) is 4.68. The molecule has 4 aromatic carbocycles. The largest absolute Gasteiger partial charge is 0.298 e. The second kappa shape index (κ2) is 7.67. The summed E-state index contributed by atoms with van der Waals surface area (Å²) in [6, 6.07) is 14.9. The number of carbonyl (C=O) groups is 4. The standard InChI is InChI=1S/C28H16O4/c29-13-25-9-21-5-17-1-2-18-6-22-10-26(14-30)28(16-32)12-24(22)8-20(18)4-3-19(17)7-23(21)11-27(25)15-31/h1-16H. The van der Waals surface area contributed by atoms with Crippen molar-refractivity contribution in [2.75, 3.05) is 0 Å². The van der Waals surface area contributed by atoms with Gasteiger partial charge in [-0.15, -0.1) is 0 Å². The molecule has 0 aromatic heterocycles. The lowest BCUT2D eigenvalue weighted by molar-refractivity contribution is 0.109. The summed E-state index contributed by atoms with van der Waals surface area (Å²) >= 11 is 0. The van der Waals surface area contributed by atoms with Gasteiger partial charge in [0.25, 0.3) is 0 Å². The second-order valence-electron chi connectivity index (χ2n) is 7.76. The summed E-state index contributed by atoms with van der Waals surface area (Å²) in [5, 5.41) is 3.52. The fourth-order valence-corrected chi connectivity index (χ4v) is 4.18. The Morgan fingerprint density at radius 3 is 0.750 bits per heavy atom. The van der Waals surface area contributed by atoms with E-state index in [0.717, 1.165) is 43.8 Å². The molecule has 0 spiro atoms. The molecule has 4 aromatic rings. The summed E-state index contributed by atoms with van der Waals surface area (Å²) < 4.78 is 0. The smallest absolute Gasteiger partial charge is 0.150 e. The first-order valence-electron chi connectivity index (χ1n) is 10.0. The maximum Gasteiger partial charge on any atom is 0.150 e. The second-order valence-corrected chi connectivity index (χ2v) is 7.76. The first kappa shape index (κ1) is 19.5. The highest BCUT2D eigenvalue weighted by Crippen LogP contribution is 2.31. The van der Waals surface area contributed by atoms with Gasteiger partial charge in [-0.3, -0.25) is 19.2 Å². The van der Waals surface area contributed by atoms with Gasteiger partial charge in [0, 0.05) is 22.3 Å². The fraction of sp³-hybridized carbons (Fsp3) is 0. The molecule has 0 heterocycles. The van der Waals surface area contributed by atoms with Crippen molar-refractivity contribution < 1.29 is 19.2 Å². The molecule has 1 aliphatic rings. The predicted octanol–water partition coefficient (Wildman–Crippen LogP) is 5.90. The number of rotatable bonds is 4. The van der Waals surface area contributed by atoms with E-state index in [1.165, 1.54) is 0 Å². The SMILES string of the molecule is O=Cc1cc2cc3c(cc2cc1C=O)C=Cc1cc2cc(C=O)c(C=O)cc2cc1C=C3. The predicted molar refractivity (Wildman–Crippen MR) is 127 cm³/mol. The zero-order valence-electron chi connectivity index (χ0n) is 16.9. The summed E-state index contributed by atoms with van der Waals surface area (Å²) in [6.45, 7) is 0. The van der Waals surface area contributed by atoms with Gasteiger partial charge in [0.2, 0.25) is 0 Å². The zero-order chi connectivity index (χ0) is 22.2. The number of carbonyl (C=O) groups excluding carboxylic acids is 4.